The van der Waals surface area contributed by atoms with Gasteiger partial charge in [0.1, 0.15) is 6.04 Å². The molecular weight excluding hydrogens is 284 g/mol. The van der Waals surface area contributed by atoms with E-state index < -0.39 is 0 Å². The number of carbonyl (C=O) groups is 1. The normalized spacial score (nSPS) is 11.8. The molecule has 2 aromatic carbocycles. The molecule has 0 heterocycles. The molecule has 0 bridgehead atoms. The number of rotatable bonds is 4. The average Bonchev–Trinajstić information content (AvgIpc) is 2.43. The molecule has 1 amide bonds. The first-order valence-electron chi connectivity index (χ1n) is 6.86. The Balaban J connectivity index is 2.00. The molecule has 3 nitrogen and oxygen atoms in total. The maximum Gasteiger partial charge on any atom is 0.246 e. The number of amides is 1. The number of anilines is 2. The maximum atomic E-state index is 12.2. The lowest BCUT2D eigenvalue weighted by Gasteiger charge is -2.16. The average molecular weight is 303 g/mol. The second-order valence-electron chi connectivity index (χ2n) is 5.16. The van der Waals surface area contributed by atoms with E-state index in [2.05, 4.69) is 24.5 Å². The molecular formula is C17H19ClN2O. The van der Waals surface area contributed by atoms with Crippen molar-refractivity contribution in [3.8, 4) is 0 Å². The van der Waals surface area contributed by atoms with Crippen molar-refractivity contribution in [3.05, 3.63) is 58.6 Å². The van der Waals surface area contributed by atoms with Gasteiger partial charge in [-0.2, -0.15) is 0 Å². The van der Waals surface area contributed by atoms with Crippen LogP contribution in [0.4, 0.5) is 11.4 Å². The molecule has 1 atom stereocenters. The first-order chi connectivity index (χ1) is 9.95. The topological polar surface area (TPSA) is 41.1 Å². The zero-order valence-corrected chi connectivity index (χ0v) is 13.2. The van der Waals surface area contributed by atoms with Crippen LogP contribution in [0.25, 0.3) is 0 Å². The van der Waals surface area contributed by atoms with E-state index in [0.29, 0.717) is 10.7 Å². The lowest BCUT2D eigenvalue weighted by atomic mass is 10.1. The van der Waals surface area contributed by atoms with E-state index in [0.717, 1.165) is 5.69 Å². The zero-order valence-electron chi connectivity index (χ0n) is 12.4. The molecule has 0 saturated carbocycles. The summed E-state index contributed by atoms with van der Waals surface area (Å²) in [5.74, 6) is -0.101. The summed E-state index contributed by atoms with van der Waals surface area (Å²) in [6.45, 7) is 5.95. The molecule has 0 aliphatic rings. The highest BCUT2D eigenvalue weighted by atomic mass is 35.5. The summed E-state index contributed by atoms with van der Waals surface area (Å²) in [7, 11) is 0. The van der Waals surface area contributed by atoms with Crippen molar-refractivity contribution in [1.29, 1.82) is 0 Å². The summed E-state index contributed by atoms with van der Waals surface area (Å²) in [6.07, 6.45) is 0. The summed E-state index contributed by atoms with van der Waals surface area (Å²) >= 11 is 5.90. The van der Waals surface area contributed by atoms with Gasteiger partial charge in [-0.1, -0.05) is 23.7 Å². The molecule has 0 aliphatic heterocycles. The predicted octanol–water partition coefficient (Wildman–Crippen LogP) is 4.40. The molecule has 0 radical (unpaired) electrons. The van der Waals surface area contributed by atoms with Crippen LogP contribution in [0, 0.1) is 13.8 Å². The number of aryl methyl sites for hydroxylation is 2. The molecule has 2 rings (SSSR count). The third kappa shape index (κ3) is 4.23. The van der Waals surface area contributed by atoms with Gasteiger partial charge in [0.25, 0.3) is 0 Å². The van der Waals surface area contributed by atoms with Gasteiger partial charge in [-0.3, -0.25) is 4.79 Å². The number of hydrogen-bond donors (Lipinski definition) is 2. The monoisotopic (exact) mass is 302 g/mol. The Morgan fingerprint density at radius 3 is 2.48 bits per heavy atom. The maximum absolute atomic E-state index is 12.2. The molecule has 0 fully saturated rings. The molecule has 2 N–H and O–H groups in total. The molecule has 2 aromatic rings. The summed E-state index contributed by atoms with van der Waals surface area (Å²) in [6, 6.07) is 12.8. The summed E-state index contributed by atoms with van der Waals surface area (Å²) in [5.41, 5.74) is 4.06. The van der Waals surface area contributed by atoms with Gasteiger partial charge in [-0.25, -0.2) is 0 Å². The summed E-state index contributed by atoms with van der Waals surface area (Å²) in [4.78, 5) is 12.2. The molecule has 110 valence electrons. The molecule has 0 unspecified atom stereocenters. The van der Waals surface area contributed by atoms with Crippen LogP contribution in [-0.4, -0.2) is 11.9 Å². The van der Waals surface area contributed by atoms with Gasteiger partial charge in [-0.05, 0) is 62.2 Å². The van der Waals surface area contributed by atoms with Crippen molar-refractivity contribution in [2.75, 3.05) is 10.6 Å². The highest BCUT2D eigenvalue weighted by Crippen LogP contribution is 2.17. The van der Waals surface area contributed by atoms with Crippen LogP contribution in [0.15, 0.2) is 42.5 Å². The molecule has 0 aromatic heterocycles. The van der Waals surface area contributed by atoms with Crippen molar-refractivity contribution in [2.24, 2.45) is 0 Å². The smallest absolute Gasteiger partial charge is 0.246 e. The molecule has 0 spiro atoms. The van der Waals surface area contributed by atoms with Crippen LogP contribution in [0.2, 0.25) is 5.02 Å². The second-order valence-corrected chi connectivity index (χ2v) is 5.60. The first-order valence-corrected chi connectivity index (χ1v) is 7.24. The van der Waals surface area contributed by atoms with Gasteiger partial charge < -0.3 is 10.6 Å². The Morgan fingerprint density at radius 1 is 1.05 bits per heavy atom. The minimum Gasteiger partial charge on any atom is -0.374 e. The van der Waals surface area contributed by atoms with Gasteiger partial charge in [-0.15, -0.1) is 0 Å². The Kier molecular flexibility index (Phi) is 4.86. The summed E-state index contributed by atoms with van der Waals surface area (Å²) < 4.78 is 0. The lowest BCUT2D eigenvalue weighted by Crippen LogP contribution is -2.31. The van der Waals surface area contributed by atoms with Crippen LogP contribution in [0.1, 0.15) is 18.1 Å². The van der Waals surface area contributed by atoms with Gasteiger partial charge >= 0.3 is 0 Å². The van der Waals surface area contributed by atoms with Crippen LogP contribution in [0.5, 0.6) is 0 Å². The van der Waals surface area contributed by atoms with Crippen molar-refractivity contribution in [1.82, 2.24) is 0 Å². The van der Waals surface area contributed by atoms with Crippen LogP contribution < -0.4 is 10.6 Å². The predicted molar refractivity (Wildman–Crippen MR) is 89.1 cm³/mol. The molecule has 21 heavy (non-hydrogen) atoms. The number of carbonyl (C=O) groups excluding carboxylic acids is 1. The third-order valence-electron chi connectivity index (χ3n) is 3.38. The van der Waals surface area contributed by atoms with Crippen molar-refractivity contribution < 1.29 is 4.79 Å². The van der Waals surface area contributed by atoms with E-state index >= 15 is 0 Å². The molecule has 0 saturated heterocycles. The fraction of sp³-hybridized carbons (Fsp3) is 0.235. The number of halogens is 1. The SMILES string of the molecule is Cc1ccc(N[C@H](C)C(=O)Nc2cccc(Cl)c2)cc1C. The van der Waals surface area contributed by atoms with Gasteiger partial charge in [0.15, 0.2) is 0 Å². The fourth-order valence-corrected chi connectivity index (χ4v) is 2.15. The van der Waals surface area contributed by atoms with E-state index in [-0.39, 0.29) is 11.9 Å². The van der Waals surface area contributed by atoms with E-state index in [9.17, 15) is 4.79 Å². The fourth-order valence-electron chi connectivity index (χ4n) is 1.96. The van der Waals surface area contributed by atoms with Crippen LogP contribution in [-0.2, 0) is 4.79 Å². The third-order valence-corrected chi connectivity index (χ3v) is 3.61. The van der Waals surface area contributed by atoms with Crippen molar-refractivity contribution in [2.45, 2.75) is 26.8 Å². The second kappa shape index (κ2) is 6.64. The Morgan fingerprint density at radius 2 is 1.81 bits per heavy atom. The Labute approximate surface area is 130 Å². The Bertz CT molecular complexity index is 655. The van der Waals surface area contributed by atoms with E-state index in [1.54, 1.807) is 18.2 Å². The van der Waals surface area contributed by atoms with Crippen molar-refractivity contribution in [3.63, 3.8) is 0 Å². The van der Waals surface area contributed by atoms with E-state index in [4.69, 9.17) is 11.6 Å². The van der Waals surface area contributed by atoms with E-state index in [1.807, 2.05) is 31.2 Å². The standard InChI is InChI=1S/C17H19ClN2O/c1-11-7-8-16(9-12(11)2)19-13(3)17(21)20-15-6-4-5-14(18)10-15/h4-10,13,19H,1-3H3,(H,20,21)/t13-/m1/s1. The first kappa shape index (κ1) is 15.4. The molecule has 4 heteroatoms. The van der Waals surface area contributed by atoms with Crippen LogP contribution >= 0.6 is 11.6 Å². The minimum absolute atomic E-state index is 0.101. The largest absolute Gasteiger partial charge is 0.374 e. The lowest BCUT2D eigenvalue weighted by molar-refractivity contribution is -0.116. The number of nitrogens with one attached hydrogen (secondary N) is 2. The minimum atomic E-state index is -0.342. The van der Waals surface area contributed by atoms with Gasteiger partial charge in [0, 0.05) is 16.4 Å². The highest BCUT2D eigenvalue weighted by Gasteiger charge is 2.13. The molecule has 0 aliphatic carbocycles. The summed E-state index contributed by atoms with van der Waals surface area (Å²) in [5, 5.41) is 6.64. The zero-order chi connectivity index (χ0) is 15.4. The van der Waals surface area contributed by atoms with Gasteiger partial charge in [0.05, 0.1) is 0 Å². The Hall–Kier alpha value is -2.00. The van der Waals surface area contributed by atoms with E-state index in [1.165, 1.54) is 11.1 Å². The number of hydrogen-bond acceptors (Lipinski definition) is 2. The highest BCUT2D eigenvalue weighted by molar-refractivity contribution is 6.30. The number of benzene rings is 2. The van der Waals surface area contributed by atoms with Crippen molar-refractivity contribution >= 4 is 28.9 Å². The van der Waals surface area contributed by atoms with Gasteiger partial charge in [0.2, 0.25) is 5.91 Å². The van der Waals surface area contributed by atoms with Crippen LogP contribution in [0.3, 0.4) is 0 Å². The quantitative estimate of drug-likeness (QED) is 0.879.